The van der Waals surface area contributed by atoms with Crippen LogP contribution in [0, 0.1) is 0 Å². The van der Waals surface area contributed by atoms with Crippen molar-refractivity contribution in [2.45, 2.75) is 44.3 Å². The van der Waals surface area contributed by atoms with E-state index in [0.717, 1.165) is 25.8 Å². The smallest absolute Gasteiger partial charge is 0.356 e. The molecule has 3 nitrogen and oxygen atoms in total. The molecule has 0 saturated carbocycles. The van der Waals surface area contributed by atoms with Gasteiger partial charge in [-0.2, -0.15) is 13.2 Å². The number of nitrogens with one attached hydrogen (secondary N) is 2. The Morgan fingerprint density at radius 2 is 2.12 bits per heavy atom. The number of carbonyl (C=O) groups is 1. The maximum absolute atomic E-state index is 11.8. The van der Waals surface area contributed by atoms with Gasteiger partial charge in [-0.15, -0.1) is 0 Å². The van der Waals surface area contributed by atoms with E-state index >= 15 is 0 Å². The van der Waals surface area contributed by atoms with Crippen molar-refractivity contribution in [3.8, 4) is 0 Å². The molecule has 1 amide bonds. The minimum Gasteiger partial charge on any atom is -0.356 e. The van der Waals surface area contributed by atoms with Crippen LogP contribution in [0.3, 0.4) is 0 Å². The molecule has 0 radical (unpaired) electrons. The van der Waals surface area contributed by atoms with Crippen LogP contribution in [0.4, 0.5) is 13.2 Å². The van der Waals surface area contributed by atoms with Crippen LogP contribution in [0.15, 0.2) is 0 Å². The lowest BCUT2D eigenvalue weighted by molar-refractivity contribution is -0.153. The first-order valence-electron chi connectivity index (χ1n) is 5.54. The molecule has 1 atom stereocenters. The number of hydrogen-bond acceptors (Lipinski definition) is 2. The number of rotatable bonds is 4. The van der Waals surface area contributed by atoms with Crippen molar-refractivity contribution >= 4 is 5.91 Å². The van der Waals surface area contributed by atoms with Gasteiger partial charge in [0.2, 0.25) is 5.91 Å². The normalized spacial score (nSPS) is 21.8. The highest BCUT2D eigenvalue weighted by Crippen LogP contribution is 2.18. The van der Waals surface area contributed by atoms with Gasteiger partial charge in [0.15, 0.2) is 0 Å². The molecule has 0 bridgehead atoms. The Labute approximate surface area is 92.8 Å². The molecule has 0 aromatic heterocycles. The van der Waals surface area contributed by atoms with Crippen LogP contribution >= 0.6 is 0 Å². The minimum absolute atomic E-state index is 0.312. The third kappa shape index (κ3) is 5.95. The Morgan fingerprint density at radius 3 is 2.69 bits per heavy atom. The highest BCUT2D eigenvalue weighted by molar-refractivity contribution is 5.76. The van der Waals surface area contributed by atoms with E-state index < -0.39 is 18.5 Å². The molecular formula is C10H17F3N2O. The molecule has 0 spiro atoms. The fourth-order valence-electron chi connectivity index (χ4n) is 1.80. The van der Waals surface area contributed by atoms with Crippen LogP contribution in [0.25, 0.3) is 0 Å². The molecule has 1 aliphatic rings. The molecule has 6 heteroatoms. The van der Waals surface area contributed by atoms with Gasteiger partial charge >= 0.3 is 6.18 Å². The van der Waals surface area contributed by atoms with Crippen molar-refractivity contribution in [1.82, 2.24) is 10.6 Å². The molecule has 1 fully saturated rings. The molecule has 2 N–H and O–H groups in total. The summed E-state index contributed by atoms with van der Waals surface area (Å²) < 4.78 is 35.4. The van der Waals surface area contributed by atoms with E-state index in [2.05, 4.69) is 10.6 Å². The van der Waals surface area contributed by atoms with Gasteiger partial charge in [-0.3, -0.25) is 4.79 Å². The van der Waals surface area contributed by atoms with Crippen molar-refractivity contribution in [3.05, 3.63) is 0 Å². The van der Waals surface area contributed by atoms with E-state index in [0.29, 0.717) is 19.0 Å². The molecule has 0 aliphatic carbocycles. The zero-order valence-electron chi connectivity index (χ0n) is 9.07. The minimum atomic E-state index is -4.41. The van der Waals surface area contributed by atoms with Gasteiger partial charge in [0.25, 0.3) is 0 Å². The second-order valence-corrected chi connectivity index (χ2v) is 4.08. The van der Waals surface area contributed by atoms with E-state index in [-0.39, 0.29) is 0 Å². The molecule has 1 unspecified atom stereocenters. The third-order valence-corrected chi connectivity index (χ3v) is 2.59. The highest BCUT2D eigenvalue weighted by atomic mass is 19.4. The summed E-state index contributed by atoms with van der Waals surface area (Å²) in [5, 5.41) is 5.56. The van der Waals surface area contributed by atoms with E-state index in [1.165, 1.54) is 0 Å². The Bertz CT molecular complexity index is 225. The van der Waals surface area contributed by atoms with E-state index in [1.54, 1.807) is 0 Å². The SMILES string of the molecule is O=C(CC(F)(F)F)NCCC1CCCCN1. The summed E-state index contributed by atoms with van der Waals surface area (Å²) in [6, 6.07) is 0.333. The van der Waals surface area contributed by atoms with Crippen molar-refractivity contribution in [1.29, 1.82) is 0 Å². The van der Waals surface area contributed by atoms with Crippen molar-refractivity contribution in [2.24, 2.45) is 0 Å². The molecule has 1 rings (SSSR count). The zero-order chi connectivity index (χ0) is 12.0. The van der Waals surface area contributed by atoms with Gasteiger partial charge < -0.3 is 10.6 Å². The predicted octanol–water partition coefficient (Wildman–Crippen LogP) is 1.59. The van der Waals surface area contributed by atoms with Crippen LogP contribution in [-0.4, -0.2) is 31.2 Å². The number of carbonyl (C=O) groups excluding carboxylic acids is 1. The first-order valence-corrected chi connectivity index (χ1v) is 5.54. The summed E-state index contributed by atoms with van der Waals surface area (Å²) in [4.78, 5) is 10.8. The van der Waals surface area contributed by atoms with Crippen LogP contribution in [0.2, 0.25) is 0 Å². The molecular weight excluding hydrogens is 221 g/mol. The van der Waals surface area contributed by atoms with Crippen molar-refractivity contribution in [2.75, 3.05) is 13.1 Å². The molecule has 0 aromatic carbocycles. The predicted molar refractivity (Wildman–Crippen MR) is 53.9 cm³/mol. The van der Waals surface area contributed by atoms with E-state index in [1.807, 2.05) is 0 Å². The summed E-state index contributed by atoms with van der Waals surface area (Å²) in [5.74, 6) is -0.941. The molecule has 94 valence electrons. The van der Waals surface area contributed by atoms with Gasteiger partial charge in [-0.1, -0.05) is 6.42 Å². The topological polar surface area (TPSA) is 41.1 Å². The fraction of sp³-hybridized carbons (Fsp3) is 0.900. The second-order valence-electron chi connectivity index (χ2n) is 4.08. The number of halogens is 3. The molecule has 1 heterocycles. The molecule has 16 heavy (non-hydrogen) atoms. The van der Waals surface area contributed by atoms with Gasteiger partial charge in [0.05, 0.1) is 0 Å². The van der Waals surface area contributed by atoms with Gasteiger partial charge in [0.1, 0.15) is 6.42 Å². The highest BCUT2D eigenvalue weighted by Gasteiger charge is 2.30. The lowest BCUT2D eigenvalue weighted by Crippen LogP contribution is -2.38. The maximum Gasteiger partial charge on any atom is 0.397 e. The summed E-state index contributed by atoms with van der Waals surface area (Å²) in [6.45, 7) is 1.27. The van der Waals surface area contributed by atoms with Gasteiger partial charge in [-0.05, 0) is 25.8 Å². The average Bonchev–Trinajstić information content (AvgIpc) is 2.16. The standard InChI is InChI=1S/C10H17F3N2O/c11-10(12,13)7-9(16)15-6-4-8-3-1-2-5-14-8/h8,14H,1-7H2,(H,15,16). The summed E-state index contributed by atoms with van der Waals surface area (Å²) in [5.41, 5.74) is 0. The Hall–Kier alpha value is -0.780. The third-order valence-electron chi connectivity index (χ3n) is 2.59. The first-order chi connectivity index (χ1) is 7.47. The fourth-order valence-corrected chi connectivity index (χ4v) is 1.80. The van der Waals surface area contributed by atoms with Gasteiger partial charge in [0, 0.05) is 12.6 Å². The quantitative estimate of drug-likeness (QED) is 0.781. The Morgan fingerprint density at radius 1 is 1.38 bits per heavy atom. The molecule has 1 aliphatic heterocycles. The lowest BCUT2D eigenvalue weighted by atomic mass is 10.0. The summed E-state index contributed by atoms with van der Waals surface area (Å²) >= 11 is 0. The zero-order valence-corrected chi connectivity index (χ0v) is 9.07. The largest absolute Gasteiger partial charge is 0.397 e. The van der Waals surface area contributed by atoms with Crippen molar-refractivity contribution in [3.63, 3.8) is 0 Å². The Kier molecular flexibility index (Phi) is 5.05. The first kappa shape index (κ1) is 13.3. The average molecular weight is 238 g/mol. The Balaban J connectivity index is 2.08. The molecule has 0 aromatic rings. The maximum atomic E-state index is 11.8. The van der Waals surface area contributed by atoms with Gasteiger partial charge in [-0.25, -0.2) is 0 Å². The second kappa shape index (κ2) is 6.08. The van der Waals surface area contributed by atoms with E-state index in [4.69, 9.17) is 0 Å². The van der Waals surface area contributed by atoms with Crippen molar-refractivity contribution < 1.29 is 18.0 Å². The number of amides is 1. The number of hydrogen-bond donors (Lipinski definition) is 2. The number of piperidine rings is 1. The molecule has 1 saturated heterocycles. The summed E-state index contributed by atoms with van der Waals surface area (Å²) in [7, 11) is 0. The van der Waals surface area contributed by atoms with Crippen LogP contribution < -0.4 is 10.6 Å². The van der Waals surface area contributed by atoms with Crippen LogP contribution in [-0.2, 0) is 4.79 Å². The van der Waals surface area contributed by atoms with Crippen LogP contribution in [0.1, 0.15) is 32.1 Å². The number of alkyl halides is 3. The monoisotopic (exact) mass is 238 g/mol. The summed E-state index contributed by atoms with van der Waals surface area (Å²) in [6.07, 6.45) is -1.76. The lowest BCUT2D eigenvalue weighted by Gasteiger charge is -2.23. The van der Waals surface area contributed by atoms with E-state index in [9.17, 15) is 18.0 Å². The van der Waals surface area contributed by atoms with Crippen LogP contribution in [0.5, 0.6) is 0 Å².